The van der Waals surface area contributed by atoms with Gasteiger partial charge in [-0.15, -0.1) is 5.10 Å². The maximum Gasteiger partial charge on any atom is 0.220 e. The summed E-state index contributed by atoms with van der Waals surface area (Å²) in [5.74, 6) is 0.879. The Hall–Kier alpha value is -2.24. The largest absolute Gasteiger partial charge is 0.356 e. The Kier molecular flexibility index (Phi) is 5.87. The SMILES string of the molecule is CCCCNC(=O)CCCc1nnnn1-c1ccccc1. The van der Waals surface area contributed by atoms with Crippen LogP contribution >= 0.6 is 0 Å². The molecule has 6 heteroatoms. The maximum absolute atomic E-state index is 11.6. The van der Waals surface area contributed by atoms with Crippen molar-refractivity contribution in [1.29, 1.82) is 0 Å². The molecule has 0 aliphatic heterocycles. The third-order valence-electron chi connectivity index (χ3n) is 3.19. The Morgan fingerprint density at radius 2 is 2.05 bits per heavy atom. The topological polar surface area (TPSA) is 72.7 Å². The standard InChI is InChI=1S/C15H21N5O/c1-2-3-12-16-15(21)11-7-10-14-17-18-19-20(14)13-8-5-4-6-9-13/h4-6,8-9H,2-3,7,10-12H2,1H3,(H,16,21). The number of nitrogens with one attached hydrogen (secondary N) is 1. The molecule has 0 bridgehead atoms. The molecule has 1 aromatic carbocycles. The van der Waals surface area contributed by atoms with Crippen LogP contribution in [-0.4, -0.2) is 32.7 Å². The van der Waals surface area contributed by atoms with E-state index in [0.29, 0.717) is 12.8 Å². The third kappa shape index (κ3) is 4.66. The smallest absolute Gasteiger partial charge is 0.220 e. The number of unbranched alkanes of at least 4 members (excludes halogenated alkanes) is 1. The summed E-state index contributed by atoms with van der Waals surface area (Å²) in [5, 5.41) is 14.7. The molecule has 0 aliphatic carbocycles. The van der Waals surface area contributed by atoms with E-state index < -0.39 is 0 Å². The molecule has 2 aromatic rings. The van der Waals surface area contributed by atoms with Gasteiger partial charge in [0.05, 0.1) is 5.69 Å². The summed E-state index contributed by atoms with van der Waals surface area (Å²) in [6.45, 7) is 2.87. The minimum absolute atomic E-state index is 0.0992. The average molecular weight is 287 g/mol. The van der Waals surface area contributed by atoms with Crippen molar-refractivity contribution < 1.29 is 4.79 Å². The molecular formula is C15H21N5O. The lowest BCUT2D eigenvalue weighted by molar-refractivity contribution is -0.121. The monoisotopic (exact) mass is 287 g/mol. The van der Waals surface area contributed by atoms with Gasteiger partial charge in [0.1, 0.15) is 0 Å². The predicted octanol–water partition coefficient (Wildman–Crippen LogP) is 1.90. The van der Waals surface area contributed by atoms with Crippen LogP contribution in [0.2, 0.25) is 0 Å². The zero-order chi connectivity index (χ0) is 14.9. The number of tetrazole rings is 1. The maximum atomic E-state index is 11.6. The molecule has 1 aromatic heterocycles. The van der Waals surface area contributed by atoms with Gasteiger partial charge in [-0.3, -0.25) is 4.79 Å². The van der Waals surface area contributed by atoms with E-state index in [1.807, 2.05) is 30.3 Å². The summed E-state index contributed by atoms with van der Waals surface area (Å²) in [5.41, 5.74) is 0.935. The zero-order valence-corrected chi connectivity index (χ0v) is 12.3. The van der Waals surface area contributed by atoms with Crippen LogP contribution in [0, 0.1) is 0 Å². The van der Waals surface area contributed by atoms with Crippen LogP contribution < -0.4 is 5.32 Å². The molecule has 1 heterocycles. The molecule has 0 spiro atoms. The second-order valence-electron chi connectivity index (χ2n) is 4.90. The Bertz CT molecular complexity index is 552. The molecular weight excluding hydrogens is 266 g/mol. The van der Waals surface area contributed by atoms with Gasteiger partial charge in [0.25, 0.3) is 0 Å². The number of hydrogen-bond acceptors (Lipinski definition) is 4. The third-order valence-corrected chi connectivity index (χ3v) is 3.19. The van der Waals surface area contributed by atoms with Crippen LogP contribution in [0.15, 0.2) is 30.3 Å². The van der Waals surface area contributed by atoms with Crippen molar-refractivity contribution in [2.75, 3.05) is 6.54 Å². The van der Waals surface area contributed by atoms with E-state index in [1.165, 1.54) is 0 Å². The first-order chi connectivity index (χ1) is 10.3. The first-order valence-electron chi connectivity index (χ1n) is 7.40. The lowest BCUT2D eigenvalue weighted by atomic mass is 10.2. The summed E-state index contributed by atoms with van der Waals surface area (Å²) < 4.78 is 1.72. The van der Waals surface area contributed by atoms with Crippen molar-refractivity contribution in [3.05, 3.63) is 36.2 Å². The van der Waals surface area contributed by atoms with Gasteiger partial charge in [0.15, 0.2) is 5.82 Å². The van der Waals surface area contributed by atoms with E-state index in [1.54, 1.807) is 4.68 Å². The highest BCUT2D eigenvalue weighted by Crippen LogP contribution is 2.09. The number of nitrogens with zero attached hydrogens (tertiary/aromatic N) is 4. The first-order valence-corrected chi connectivity index (χ1v) is 7.40. The fourth-order valence-electron chi connectivity index (χ4n) is 2.03. The van der Waals surface area contributed by atoms with Crippen LogP contribution in [-0.2, 0) is 11.2 Å². The highest BCUT2D eigenvalue weighted by atomic mass is 16.1. The molecule has 2 rings (SSSR count). The number of carbonyl (C=O) groups excluding carboxylic acids is 1. The molecule has 6 nitrogen and oxygen atoms in total. The first kappa shape index (κ1) is 15.2. The average Bonchev–Trinajstić information content (AvgIpc) is 2.97. The fourth-order valence-corrected chi connectivity index (χ4v) is 2.03. The number of rotatable bonds is 8. The molecule has 0 saturated heterocycles. The van der Waals surface area contributed by atoms with Crippen molar-refractivity contribution in [1.82, 2.24) is 25.5 Å². The molecule has 112 valence electrons. The van der Waals surface area contributed by atoms with Gasteiger partial charge in [-0.05, 0) is 35.4 Å². The van der Waals surface area contributed by atoms with Crippen LogP contribution in [0.25, 0.3) is 5.69 Å². The van der Waals surface area contributed by atoms with Gasteiger partial charge in [-0.2, -0.15) is 4.68 Å². The van der Waals surface area contributed by atoms with Crippen LogP contribution in [0.5, 0.6) is 0 Å². The summed E-state index contributed by atoms with van der Waals surface area (Å²) in [7, 11) is 0. The number of aromatic nitrogens is 4. The number of carbonyl (C=O) groups is 1. The summed E-state index contributed by atoms with van der Waals surface area (Å²) in [6, 6.07) is 9.76. The summed E-state index contributed by atoms with van der Waals surface area (Å²) in [4.78, 5) is 11.6. The van der Waals surface area contributed by atoms with E-state index in [9.17, 15) is 4.79 Å². The van der Waals surface area contributed by atoms with Gasteiger partial charge in [-0.1, -0.05) is 31.5 Å². The highest BCUT2D eigenvalue weighted by molar-refractivity contribution is 5.75. The van der Waals surface area contributed by atoms with Crippen molar-refractivity contribution in [2.24, 2.45) is 0 Å². The second-order valence-corrected chi connectivity index (χ2v) is 4.90. The normalized spacial score (nSPS) is 10.5. The lowest BCUT2D eigenvalue weighted by Gasteiger charge is -2.05. The van der Waals surface area contributed by atoms with E-state index >= 15 is 0 Å². The van der Waals surface area contributed by atoms with E-state index in [0.717, 1.165) is 37.3 Å². The van der Waals surface area contributed by atoms with Crippen LogP contribution in [0.3, 0.4) is 0 Å². The Balaban J connectivity index is 1.82. The van der Waals surface area contributed by atoms with Crippen molar-refractivity contribution in [3.63, 3.8) is 0 Å². The van der Waals surface area contributed by atoms with Gasteiger partial charge in [0, 0.05) is 19.4 Å². The fraction of sp³-hybridized carbons (Fsp3) is 0.467. The van der Waals surface area contributed by atoms with Crippen LogP contribution in [0.4, 0.5) is 0 Å². The predicted molar refractivity (Wildman–Crippen MR) is 80.0 cm³/mol. The zero-order valence-electron chi connectivity index (χ0n) is 12.3. The quantitative estimate of drug-likeness (QED) is 0.753. The molecule has 0 atom stereocenters. The van der Waals surface area contributed by atoms with Gasteiger partial charge in [0.2, 0.25) is 5.91 Å². The molecule has 0 fully saturated rings. The van der Waals surface area contributed by atoms with E-state index in [-0.39, 0.29) is 5.91 Å². The van der Waals surface area contributed by atoms with Crippen molar-refractivity contribution in [2.45, 2.75) is 39.0 Å². The molecule has 1 amide bonds. The summed E-state index contributed by atoms with van der Waals surface area (Å²) >= 11 is 0. The Morgan fingerprint density at radius 1 is 1.24 bits per heavy atom. The van der Waals surface area contributed by atoms with Gasteiger partial charge in [-0.25, -0.2) is 0 Å². The molecule has 0 radical (unpaired) electrons. The molecule has 0 unspecified atom stereocenters. The van der Waals surface area contributed by atoms with E-state index in [4.69, 9.17) is 0 Å². The molecule has 1 N–H and O–H groups in total. The molecule has 0 saturated carbocycles. The molecule has 21 heavy (non-hydrogen) atoms. The second kappa shape index (κ2) is 8.14. The Labute approximate surface area is 124 Å². The van der Waals surface area contributed by atoms with Gasteiger partial charge >= 0.3 is 0 Å². The number of amides is 1. The number of benzene rings is 1. The summed E-state index contributed by atoms with van der Waals surface area (Å²) in [6.07, 6.45) is 4.05. The number of para-hydroxylation sites is 1. The molecule has 0 aliphatic rings. The Morgan fingerprint density at radius 3 is 2.81 bits per heavy atom. The lowest BCUT2D eigenvalue weighted by Crippen LogP contribution is -2.24. The minimum Gasteiger partial charge on any atom is -0.356 e. The minimum atomic E-state index is 0.0992. The van der Waals surface area contributed by atoms with Crippen molar-refractivity contribution >= 4 is 5.91 Å². The van der Waals surface area contributed by atoms with Gasteiger partial charge < -0.3 is 5.32 Å². The van der Waals surface area contributed by atoms with Crippen LogP contribution in [0.1, 0.15) is 38.4 Å². The van der Waals surface area contributed by atoms with Crippen molar-refractivity contribution in [3.8, 4) is 5.69 Å². The highest BCUT2D eigenvalue weighted by Gasteiger charge is 2.08. The number of hydrogen-bond donors (Lipinski definition) is 1. The van der Waals surface area contributed by atoms with E-state index in [2.05, 4.69) is 27.8 Å². The number of aryl methyl sites for hydroxylation is 1.